The lowest BCUT2D eigenvalue weighted by atomic mass is 10.1. The first-order chi connectivity index (χ1) is 9.54. The van der Waals surface area contributed by atoms with Crippen LogP contribution in [0.4, 0.5) is 16.2 Å². The number of anilines is 2. The van der Waals surface area contributed by atoms with Crippen molar-refractivity contribution in [1.82, 2.24) is 4.90 Å². The molecule has 0 saturated carbocycles. The van der Waals surface area contributed by atoms with E-state index in [0.29, 0.717) is 17.9 Å². The number of rotatable bonds is 3. The van der Waals surface area contributed by atoms with Gasteiger partial charge < -0.3 is 16.0 Å². The molecule has 4 heteroatoms. The molecule has 0 bridgehead atoms. The van der Waals surface area contributed by atoms with Gasteiger partial charge in [-0.25, -0.2) is 4.79 Å². The standard InChI is InChI=1S/C16H19N3O/c1-12-5-3-6-13(9-12)11-19(2)16(20)18-15-8-4-7-14(17)10-15/h3-10H,11,17H2,1-2H3,(H,18,20). The third-order valence-corrected chi connectivity index (χ3v) is 2.99. The van der Waals surface area contributed by atoms with Crippen LogP contribution >= 0.6 is 0 Å². The molecule has 0 radical (unpaired) electrons. The van der Waals surface area contributed by atoms with E-state index >= 15 is 0 Å². The number of benzene rings is 2. The summed E-state index contributed by atoms with van der Waals surface area (Å²) < 4.78 is 0. The van der Waals surface area contributed by atoms with Crippen molar-refractivity contribution in [2.45, 2.75) is 13.5 Å². The van der Waals surface area contributed by atoms with Crippen molar-refractivity contribution in [1.29, 1.82) is 0 Å². The maximum Gasteiger partial charge on any atom is 0.321 e. The molecule has 2 amide bonds. The van der Waals surface area contributed by atoms with Gasteiger partial charge in [0.05, 0.1) is 0 Å². The molecule has 2 aromatic rings. The van der Waals surface area contributed by atoms with Crippen molar-refractivity contribution in [2.24, 2.45) is 0 Å². The number of urea groups is 1. The highest BCUT2D eigenvalue weighted by Gasteiger charge is 2.09. The lowest BCUT2D eigenvalue weighted by molar-refractivity contribution is 0.220. The Morgan fingerprint density at radius 1 is 1.20 bits per heavy atom. The Kier molecular flexibility index (Phi) is 4.25. The van der Waals surface area contributed by atoms with Crippen molar-refractivity contribution >= 4 is 17.4 Å². The van der Waals surface area contributed by atoms with Crippen molar-refractivity contribution in [3.63, 3.8) is 0 Å². The summed E-state index contributed by atoms with van der Waals surface area (Å²) in [7, 11) is 1.77. The molecule has 0 aliphatic rings. The largest absolute Gasteiger partial charge is 0.399 e. The Balaban J connectivity index is 1.98. The molecule has 2 aromatic carbocycles. The number of nitrogen functional groups attached to an aromatic ring is 1. The van der Waals surface area contributed by atoms with Gasteiger partial charge in [-0.2, -0.15) is 0 Å². The smallest absolute Gasteiger partial charge is 0.321 e. The summed E-state index contributed by atoms with van der Waals surface area (Å²) in [5.41, 5.74) is 9.31. The van der Waals surface area contributed by atoms with Crippen LogP contribution in [0.3, 0.4) is 0 Å². The topological polar surface area (TPSA) is 58.4 Å². The highest BCUT2D eigenvalue weighted by molar-refractivity contribution is 5.89. The molecule has 3 N–H and O–H groups in total. The lowest BCUT2D eigenvalue weighted by Crippen LogP contribution is -2.30. The van der Waals surface area contributed by atoms with Crippen molar-refractivity contribution in [3.8, 4) is 0 Å². The Morgan fingerprint density at radius 2 is 1.95 bits per heavy atom. The van der Waals surface area contributed by atoms with Crippen LogP contribution in [-0.4, -0.2) is 18.0 Å². The number of aryl methyl sites for hydroxylation is 1. The number of amides is 2. The summed E-state index contributed by atoms with van der Waals surface area (Å²) in [5, 5.41) is 2.82. The number of carbonyl (C=O) groups is 1. The molecular weight excluding hydrogens is 250 g/mol. The molecule has 0 fully saturated rings. The molecule has 0 atom stereocenters. The molecule has 0 spiro atoms. The Morgan fingerprint density at radius 3 is 2.65 bits per heavy atom. The van der Waals surface area contributed by atoms with Crippen LogP contribution < -0.4 is 11.1 Å². The summed E-state index contributed by atoms with van der Waals surface area (Å²) in [6.45, 7) is 2.60. The maximum atomic E-state index is 12.1. The second-order valence-electron chi connectivity index (χ2n) is 4.90. The highest BCUT2D eigenvalue weighted by atomic mass is 16.2. The molecule has 0 heterocycles. The van der Waals surface area contributed by atoms with Crippen LogP contribution in [0.15, 0.2) is 48.5 Å². The third-order valence-electron chi connectivity index (χ3n) is 2.99. The van der Waals surface area contributed by atoms with Crippen LogP contribution in [0, 0.1) is 6.92 Å². The zero-order chi connectivity index (χ0) is 14.5. The van der Waals surface area contributed by atoms with Crippen molar-refractivity contribution in [2.75, 3.05) is 18.1 Å². The molecule has 0 aliphatic heterocycles. The first kappa shape index (κ1) is 13.9. The Bertz CT molecular complexity index is 610. The Labute approximate surface area is 119 Å². The summed E-state index contributed by atoms with van der Waals surface area (Å²) in [6.07, 6.45) is 0. The summed E-state index contributed by atoms with van der Waals surface area (Å²) in [6, 6.07) is 15.1. The molecule has 0 unspecified atom stereocenters. The SMILES string of the molecule is Cc1cccc(CN(C)C(=O)Nc2cccc(N)c2)c1. The van der Waals surface area contributed by atoms with E-state index in [0.717, 1.165) is 5.56 Å². The van der Waals surface area contributed by atoms with Gasteiger partial charge in [-0.05, 0) is 30.7 Å². The minimum atomic E-state index is -0.155. The molecule has 0 aliphatic carbocycles. The average molecular weight is 269 g/mol. The quantitative estimate of drug-likeness (QED) is 0.840. The van der Waals surface area contributed by atoms with Crippen LogP contribution in [0.5, 0.6) is 0 Å². The van der Waals surface area contributed by atoms with E-state index in [-0.39, 0.29) is 6.03 Å². The van der Waals surface area contributed by atoms with Crippen molar-refractivity contribution < 1.29 is 4.79 Å². The van der Waals surface area contributed by atoms with Crippen LogP contribution in [0.1, 0.15) is 11.1 Å². The minimum Gasteiger partial charge on any atom is -0.399 e. The van der Waals surface area contributed by atoms with E-state index in [1.807, 2.05) is 37.3 Å². The van der Waals surface area contributed by atoms with E-state index in [1.165, 1.54) is 5.56 Å². The highest BCUT2D eigenvalue weighted by Crippen LogP contribution is 2.13. The third kappa shape index (κ3) is 3.75. The first-order valence-electron chi connectivity index (χ1n) is 6.48. The molecular formula is C16H19N3O. The summed E-state index contributed by atoms with van der Waals surface area (Å²) in [5.74, 6) is 0. The lowest BCUT2D eigenvalue weighted by Gasteiger charge is -2.18. The second kappa shape index (κ2) is 6.10. The van der Waals surface area contributed by atoms with Gasteiger partial charge in [-0.15, -0.1) is 0 Å². The minimum absolute atomic E-state index is 0.155. The van der Waals surface area contributed by atoms with Gasteiger partial charge in [0.1, 0.15) is 0 Å². The van der Waals surface area contributed by atoms with Gasteiger partial charge in [-0.3, -0.25) is 0 Å². The second-order valence-corrected chi connectivity index (χ2v) is 4.90. The van der Waals surface area contributed by atoms with Crippen molar-refractivity contribution in [3.05, 3.63) is 59.7 Å². The molecule has 0 saturated heterocycles. The van der Waals surface area contributed by atoms with E-state index in [2.05, 4.69) is 11.4 Å². The van der Waals surface area contributed by atoms with E-state index in [1.54, 1.807) is 24.1 Å². The van der Waals surface area contributed by atoms with Gasteiger partial charge in [0, 0.05) is 25.0 Å². The van der Waals surface area contributed by atoms with Crippen LogP contribution in [0.2, 0.25) is 0 Å². The predicted molar refractivity (Wildman–Crippen MR) is 82.5 cm³/mol. The summed E-state index contributed by atoms with van der Waals surface area (Å²) in [4.78, 5) is 13.7. The number of carbonyl (C=O) groups excluding carboxylic acids is 1. The monoisotopic (exact) mass is 269 g/mol. The predicted octanol–water partition coefficient (Wildman–Crippen LogP) is 3.24. The van der Waals surface area contributed by atoms with Gasteiger partial charge in [0.15, 0.2) is 0 Å². The fourth-order valence-electron chi connectivity index (χ4n) is 1.99. The zero-order valence-corrected chi connectivity index (χ0v) is 11.8. The number of hydrogen-bond acceptors (Lipinski definition) is 2. The van der Waals surface area contributed by atoms with Crippen LogP contribution in [-0.2, 0) is 6.54 Å². The number of nitrogens with one attached hydrogen (secondary N) is 1. The average Bonchev–Trinajstić information content (AvgIpc) is 2.38. The molecule has 20 heavy (non-hydrogen) atoms. The zero-order valence-electron chi connectivity index (χ0n) is 11.8. The normalized spacial score (nSPS) is 10.1. The van der Waals surface area contributed by atoms with Gasteiger partial charge >= 0.3 is 6.03 Å². The fourth-order valence-corrected chi connectivity index (χ4v) is 1.99. The maximum absolute atomic E-state index is 12.1. The first-order valence-corrected chi connectivity index (χ1v) is 6.48. The van der Waals surface area contributed by atoms with Gasteiger partial charge in [-0.1, -0.05) is 35.9 Å². The fraction of sp³-hybridized carbons (Fsp3) is 0.188. The molecule has 0 aromatic heterocycles. The van der Waals surface area contributed by atoms with E-state index in [4.69, 9.17) is 5.73 Å². The van der Waals surface area contributed by atoms with E-state index in [9.17, 15) is 4.79 Å². The summed E-state index contributed by atoms with van der Waals surface area (Å²) >= 11 is 0. The number of nitrogens with zero attached hydrogens (tertiary/aromatic N) is 1. The van der Waals surface area contributed by atoms with E-state index < -0.39 is 0 Å². The van der Waals surface area contributed by atoms with Gasteiger partial charge in [0.2, 0.25) is 0 Å². The Hall–Kier alpha value is -2.49. The molecule has 104 valence electrons. The molecule has 2 rings (SSSR count). The number of hydrogen-bond donors (Lipinski definition) is 2. The van der Waals surface area contributed by atoms with Crippen LogP contribution in [0.25, 0.3) is 0 Å². The molecule has 4 nitrogen and oxygen atoms in total. The number of nitrogens with two attached hydrogens (primary N) is 1. The van der Waals surface area contributed by atoms with Gasteiger partial charge in [0.25, 0.3) is 0 Å².